The number of carbonyl (C=O) groups is 1. The normalized spacial score (nSPS) is 13.5. The molecule has 1 aromatic carbocycles. The van der Waals surface area contributed by atoms with E-state index in [1.165, 1.54) is 0 Å². The van der Waals surface area contributed by atoms with Crippen LogP contribution in [0.25, 0.3) is 28.0 Å². The lowest BCUT2D eigenvalue weighted by atomic mass is 10.2. The molecule has 16 heteroatoms. The quantitative estimate of drug-likeness (QED) is 0.322. The third kappa shape index (κ3) is 6.73. The second-order valence-electron chi connectivity index (χ2n) is 8.77. The van der Waals surface area contributed by atoms with E-state index in [4.69, 9.17) is 14.6 Å². The van der Waals surface area contributed by atoms with Crippen LogP contribution in [0.1, 0.15) is 0 Å². The zero-order valence-corrected chi connectivity index (χ0v) is 21.5. The fraction of sp³-hybridized carbons (Fsp3) is 0.240. The van der Waals surface area contributed by atoms with Crippen molar-refractivity contribution in [3.05, 3.63) is 61.3 Å². The summed E-state index contributed by atoms with van der Waals surface area (Å²) < 4.78 is 40.7. The lowest BCUT2D eigenvalue weighted by Crippen LogP contribution is -2.37. The number of rotatable bonds is 5. The monoisotopic (exact) mass is 568 g/mol. The van der Waals surface area contributed by atoms with E-state index < -0.39 is 12.1 Å². The van der Waals surface area contributed by atoms with Gasteiger partial charge in [-0.3, -0.25) is 4.68 Å². The highest BCUT2D eigenvalue weighted by Crippen LogP contribution is 2.22. The predicted molar refractivity (Wildman–Crippen MR) is 141 cm³/mol. The first-order valence-corrected chi connectivity index (χ1v) is 12.2. The minimum absolute atomic E-state index is 0.478. The molecule has 0 aliphatic carbocycles. The number of carboxylic acid groups (broad SMARTS) is 1. The molecule has 1 aliphatic rings. The molecule has 0 bridgehead atoms. The molecule has 5 heterocycles. The van der Waals surface area contributed by atoms with Crippen LogP contribution in [0.4, 0.5) is 30.8 Å². The van der Waals surface area contributed by atoms with Gasteiger partial charge in [0.15, 0.2) is 5.65 Å². The van der Waals surface area contributed by atoms with Gasteiger partial charge in [0.2, 0.25) is 11.9 Å². The average Bonchev–Trinajstić information content (AvgIpc) is 3.63. The molecule has 1 aliphatic heterocycles. The Balaban J connectivity index is 0.000000431. The van der Waals surface area contributed by atoms with Gasteiger partial charge in [-0.2, -0.15) is 28.2 Å². The number of pyridine rings is 1. The summed E-state index contributed by atoms with van der Waals surface area (Å²) in [5.41, 5.74) is 4.16. The standard InChI is InChI=1S/C23H22N10O.C2HF3O2/c1-31-14-17(13-26-31)20-7-2-16-12-24-22(29-21(16)28-20)27-18-3-5-19(6-4-18)33-15-25-23(30-33)32-8-10-34-11-9-32;3-2(4,5)1(6)7/h2-7,12-15H,8-11H2,1H3,(H,24,27,28,29);(H,6,7). The van der Waals surface area contributed by atoms with E-state index in [1.54, 1.807) is 28.1 Å². The van der Waals surface area contributed by atoms with Gasteiger partial charge in [-0.25, -0.2) is 19.4 Å². The predicted octanol–water partition coefficient (Wildman–Crippen LogP) is 3.22. The molecule has 0 unspecified atom stereocenters. The number of alkyl halides is 3. The van der Waals surface area contributed by atoms with E-state index >= 15 is 0 Å². The molecule has 212 valence electrons. The Hall–Kier alpha value is -5.12. The molecule has 2 N–H and O–H groups in total. The molecule has 13 nitrogen and oxygen atoms in total. The van der Waals surface area contributed by atoms with Gasteiger partial charge in [-0.1, -0.05) is 0 Å². The van der Waals surface area contributed by atoms with Crippen molar-refractivity contribution in [2.75, 3.05) is 36.5 Å². The molecule has 0 radical (unpaired) electrons. The molecule has 0 saturated carbocycles. The van der Waals surface area contributed by atoms with Crippen LogP contribution in [0.3, 0.4) is 0 Å². The number of benzene rings is 1. The van der Waals surface area contributed by atoms with Crippen LogP contribution in [-0.2, 0) is 16.6 Å². The van der Waals surface area contributed by atoms with Crippen LogP contribution in [0.5, 0.6) is 0 Å². The van der Waals surface area contributed by atoms with Gasteiger partial charge in [0.1, 0.15) is 6.33 Å². The van der Waals surface area contributed by atoms with Crippen LogP contribution in [-0.4, -0.2) is 83.1 Å². The zero-order valence-electron chi connectivity index (χ0n) is 21.5. The van der Waals surface area contributed by atoms with Gasteiger partial charge < -0.3 is 20.1 Å². The highest BCUT2D eigenvalue weighted by Gasteiger charge is 2.38. The maximum absolute atomic E-state index is 10.6. The minimum Gasteiger partial charge on any atom is -0.475 e. The van der Waals surface area contributed by atoms with E-state index in [9.17, 15) is 13.2 Å². The number of aromatic nitrogens is 8. The minimum atomic E-state index is -5.08. The SMILES string of the molecule is Cn1cc(-c2ccc3cnc(Nc4ccc(-n5cnc(N6CCOCC6)n5)cc4)nc3n2)cn1.O=C(O)C(F)(F)F. The number of hydrogen-bond donors (Lipinski definition) is 2. The number of hydrogen-bond acceptors (Lipinski definition) is 10. The topological polar surface area (TPSA) is 149 Å². The van der Waals surface area contributed by atoms with Gasteiger partial charge in [0.25, 0.3) is 0 Å². The Labute approximate surface area is 230 Å². The Morgan fingerprint density at radius 2 is 1.76 bits per heavy atom. The van der Waals surface area contributed by atoms with Crippen LogP contribution < -0.4 is 10.2 Å². The van der Waals surface area contributed by atoms with E-state index in [-0.39, 0.29) is 0 Å². The fourth-order valence-corrected chi connectivity index (χ4v) is 3.80. The number of fused-ring (bicyclic) bond motifs is 1. The van der Waals surface area contributed by atoms with Gasteiger partial charge in [0.05, 0.1) is 30.8 Å². The van der Waals surface area contributed by atoms with Crippen molar-refractivity contribution >= 4 is 34.6 Å². The number of ether oxygens (including phenoxy) is 1. The van der Waals surface area contributed by atoms with E-state index in [0.717, 1.165) is 41.1 Å². The molecular weight excluding hydrogens is 545 g/mol. The number of carboxylic acids is 1. The summed E-state index contributed by atoms with van der Waals surface area (Å²) in [6.07, 6.45) is 2.12. The number of aliphatic carboxylic acids is 1. The van der Waals surface area contributed by atoms with E-state index in [1.807, 2.05) is 49.6 Å². The van der Waals surface area contributed by atoms with Gasteiger partial charge in [0, 0.05) is 49.2 Å². The summed E-state index contributed by atoms with van der Waals surface area (Å²) in [5.74, 6) is -1.56. The highest BCUT2D eigenvalue weighted by atomic mass is 19.4. The molecule has 41 heavy (non-hydrogen) atoms. The number of morpholine rings is 1. The third-order valence-corrected chi connectivity index (χ3v) is 5.85. The first-order valence-electron chi connectivity index (χ1n) is 12.2. The van der Waals surface area contributed by atoms with E-state index in [0.29, 0.717) is 30.8 Å². The summed E-state index contributed by atoms with van der Waals surface area (Å²) in [4.78, 5) is 29.2. The average molecular weight is 569 g/mol. The van der Waals surface area contributed by atoms with Gasteiger partial charge >= 0.3 is 12.1 Å². The number of nitrogens with one attached hydrogen (secondary N) is 1. The number of halogens is 3. The molecule has 0 amide bonds. The van der Waals surface area contributed by atoms with Crippen molar-refractivity contribution in [2.45, 2.75) is 6.18 Å². The Kier molecular flexibility index (Phi) is 7.73. The Bertz CT molecular complexity index is 1650. The molecule has 1 saturated heterocycles. The summed E-state index contributed by atoms with van der Waals surface area (Å²) in [5, 5.41) is 20.1. The number of nitrogens with zero attached hydrogens (tertiary/aromatic N) is 9. The van der Waals surface area contributed by atoms with Crippen molar-refractivity contribution < 1.29 is 27.8 Å². The molecule has 5 aromatic rings. The summed E-state index contributed by atoms with van der Waals surface area (Å²) in [6.45, 7) is 3.01. The summed E-state index contributed by atoms with van der Waals surface area (Å²) in [7, 11) is 1.88. The maximum Gasteiger partial charge on any atom is 0.490 e. The van der Waals surface area contributed by atoms with Gasteiger partial charge in [-0.15, -0.1) is 5.10 Å². The Morgan fingerprint density at radius 1 is 1.02 bits per heavy atom. The van der Waals surface area contributed by atoms with Crippen molar-refractivity contribution in [3.8, 4) is 16.9 Å². The van der Waals surface area contributed by atoms with Crippen molar-refractivity contribution in [2.24, 2.45) is 7.05 Å². The molecule has 0 spiro atoms. The number of aryl methyl sites for hydroxylation is 1. The first kappa shape index (κ1) is 27.4. The Morgan fingerprint density at radius 3 is 2.41 bits per heavy atom. The summed E-state index contributed by atoms with van der Waals surface area (Å²) in [6, 6.07) is 11.8. The first-order chi connectivity index (χ1) is 19.7. The van der Waals surface area contributed by atoms with Crippen LogP contribution in [0.2, 0.25) is 0 Å². The second kappa shape index (κ2) is 11.5. The highest BCUT2D eigenvalue weighted by molar-refractivity contribution is 5.78. The molecule has 6 rings (SSSR count). The molecular formula is C25H23F3N10O3. The lowest BCUT2D eigenvalue weighted by molar-refractivity contribution is -0.192. The third-order valence-electron chi connectivity index (χ3n) is 5.85. The van der Waals surface area contributed by atoms with Crippen molar-refractivity contribution in [1.82, 2.24) is 39.5 Å². The fourth-order valence-electron chi connectivity index (χ4n) is 3.80. The molecule has 4 aromatic heterocycles. The lowest BCUT2D eigenvalue weighted by Gasteiger charge is -2.25. The van der Waals surface area contributed by atoms with Gasteiger partial charge in [-0.05, 0) is 36.4 Å². The molecule has 1 fully saturated rings. The van der Waals surface area contributed by atoms with Crippen LogP contribution >= 0.6 is 0 Å². The molecule has 0 atom stereocenters. The van der Waals surface area contributed by atoms with Crippen LogP contribution in [0.15, 0.2) is 61.3 Å². The number of anilines is 3. The second-order valence-corrected chi connectivity index (χ2v) is 8.77. The maximum atomic E-state index is 10.6. The van der Waals surface area contributed by atoms with Crippen LogP contribution in [0, 0.1) is 0 Å². The largest absolute Gasteiger partial charge is 0.490 e. The zero-order chi connectivity index (χ0) is 29.0. The summed E-state index contributed by atoms with van der Waals surface area (Å²) >= 11 is 0. The van der Waals surface area contributed by atoms with Crippen molar-refractivity contribution in [3.63, 3.8) is 0 Å². The van der Waals surface area contributed by atoms with E-state index in [2.05, 4.69) is 40.3 Å². The van der Waals surface area contributed by atoms with Crippen molar-refractivity contribution in [1.29, 1.82) is 0 Å². The smallest absolute Gasteiger partial charge is 0.475 e.